The lowest BCUT2D eigenvalue weighted by Gasteiger charge is -2.15. The minimum Gasteiger partial charge on any atom is -0.490 e. The van der Waals surface area contributed by atoms with Gasteiger partial charge < -0.3 is 14.8 Å². The van der Waals surface area contributed by atoms with Crippen molar-refractivity contribution >= 4 is 52.1 Å². The molecule has 1 N–H and O–H groups in total. The first-order valence-corrected chi connectivity index (χ1v) is 10.5. The van der Waals surface area contributed by atoms with E-state index < -0.39 is 0 Å². The zero-order valence-electron chi connectivity index (χ0n) is 15.6. The summed E-state index contributed by atoms with van der Waals surface area (Å²) in [6, 6.07) is 16.6. The third kappa shape index (κ3) is 6.10. The number of nitrogens with one attached hydrogen (secondary N) is 1. The molecule has 0 aliphatic heterocycles. The maximum Gasteiger partial charge on any atom is 0.161 e. The maximum absolute atomic E-state index is 6.22. The number of ether oxygens (including phenoxy) is 2. The highest BCUT2D eigenvalue weighted by molar-refractivity contribution is 6.42. The lowest BCUT2D eigenvalue weighted by atomic mass is 10.2. The van der Waals surface area contributed by atoms with Crippen molar-refractivity contribution < 1.29 is 9.47 Å². The van der Waals surface area contributed by atoms with E-state index in [0.29, 0.717) is 51.3 Å². The summed E-state index contributed by atoms with van der Waals surface area (Å²) in [5.74, 6) is 1.32. The van der Waals surface area contributed by atoms with Crippen molar-refractivity contribution in [3.05, 3.63) is 85.8 Å². The van der Waals surface area contributed by atoms with Gasteiger partial charge in [-0.2, -0.15) is 0 Å². The third-order valence-electron chi connectivity index (χ3n) is 4.12. The van der Waals surface area contributed by atoms with Crippen LogP contribution in [0.5, 0.6) is 11.5 Å². The average Bonchev–Trinajstić information content (AvgIpc) is 2.69. The van der Waals surface area contributed by atoms with Crippen molar-refractivity contribution in [1.29, 1.82) is 0 Å². The molecule has 0 heterocycles. The SMILES string of the molecule is CCOc1cc(CNc2ccc(Cl)c(Cl)c2)ccc1OCc1ccc(Cl)cc1Cl. The predicted molar refractivity (Wildman–Crippen MR) is 122 cm³/mol. The van der Waals surface area contributed by atoms with E-state index in [2.05, 4.69) is 5.32 Å². The Kier molecular flexibility index (Phi) is 7.79. The Bertz CT molecular complexity index is 995. The molecule has 0 aliphatic carbocycles. The fourth-order valence-corrected chi connectivity index (χ4v) is 3.42. The number of halogens is 4. The summed E-state index contributed by atoms with van der Waals surface area (Å²) in [6.45, 7) is 3.38. The Morgan fingerprint density at radius 3 is 2.31 bits per heavy atom. The Morgan fingerprint density at radius 1 is 0.759 bits per heavy atom. The maximum atomic E-state index is 6.22. The molecule has 0 saturated carbocycles. The van der Waals surface area contributed by atoms with Gasteiger partial charge in [0, 0.05) is 27.8 Å². The third-order valence-corrected chi connectivity index (χ3v) is 5.45. The Morgan fingerprint density at radius 2 is 1.59 bits per heavy atom. The van der Waals surface area contributed by atoms with Crippen LogP contribution < -0.4 is 14.8 Å². The Labute approximate surface area is 190 Å². The largest absolute Gasteiger partial charge is 0.490 e. The van der Waals surface area contributed by atoms with Gasteiger partial charge in [-0.15, -0.1) is 0 Å². The van der Waals surface area contributed by atoms with Gasteiger partial charge in [0.25, 0.3) is 0 Å². The highest BCUT2D eigenvalue weighted by Crippen LogP contribution is 2.31. The summed E-state index contributed by atoms with van der Waals surface area (Å²) < 4.78 is 11.7. The first kappa shape index (κ1) is 21.9. The van der Waals surface area contributed by atoms with Crippen LogP contribution in [0.25, 0.3) is 0 Å². The molecule has 0 atom stereocenters. The molecule has 3 aromatic carbocycles. The topological polar surface area (TPSA) is 30.5 Å². The molecular weight excluding hydrogens is 452 g/mol. The number of benzene rings is 3. The van der Waals surface area contributed by atoms with E-state index in [1.54, 1.807) is 24.3 Å². The Balaban J connectivity index is 1.69. The molecule has 0 radical (unpaired) electrons. The molecular formula is C22H19Cl4NO2. The Hall–Kier alpha value is -1.78. The van der Waals surface area contributed by atoms with Crippen LogP contribution in [0.15, 0.2) is 54.6 Å². The van der Waals surface area contributed by atoms with Crippen molar-refractivity contribution in [2.24, 2.45) is 0 Å². The molecule has 0 bridgehead atoms. The lowest BCUT2D eigenvalue weighted by Crippen LogP contribution is -2.03. The van der Waals surface area contributed by atoms with E-state index in [4.69, 9.17) is 55.9 Å². The van der Waals surface area contributed by atoms with Gasteiger partial charge in [0.15, 0.2) is 11.5 Å². The van der Waals surface area contributed by atoms with E-state index in [1.165, 1.54) is 0 Å². The van der Waals surface area contributed by atoms with E-state index in [-0.39, 0.29) is 0 Å². The lowest BCUT2D eigenvalue weighted by molar-refractivity contribution is 0.269. The van der Waals surface area contributed by atoms with Gasteiger partial charge in [0.1, 0.15) is 6.61 Å². The van der Waals surface area contributed by atoms with Crippen LogP contribution in [0, 0.1) is 0 Å². The van der Waals surface area contributed by atoms with Crippen LogP contribution in [0.2, 0.25) is 20.1 Å². The molecule has 0 unspecified atom stereocenters. The second-order valence-corrected chi connectivity index (χ2v) is 7.88. The normalized spacial score (nSPS) is 10.7. The number of anilines is 1. The summed E-state index contributed by atoms with van der Waals surface area (Å²) in [6.07, 6.45) is 0. The van der Waals surface area contributed by atoms with E-state index >= 15 is 0 Å². The van der Waals surface area contributed by atoms with Crippen molar-refractivity contribution in [1.82, 2.24) is 0 Å². The second-order valence-electron chi connectivity index (χ2n) is 6.22. The van der Waals surface area contributed by atoms with E-state index in [1.807, 2.05) is 37.3 Å². The van der Waals surface area contributed by atoms with Crippen LogP contribution in [0.3, 0.4) is 0 Å². The van der Waals surface area contributed by atoms with Crippen molar-refractivity contribution in [3.8, 4) is 11.5 Å². The molecule has 0 amide bonds. The molecule has 3 nitrogen and oxygen atoms in total. The number of rotatable bonds is 8. The van der Waals surface area contributed by atoms with Crippen molar-refractivity contribution in [2.45, 2.75) is 20.1 Å². The first-order valence-electron chi connectivity index (χ1n) is 8.97. The molecule has 152 valence electrons. The number of hydrogen-bond acceptors (Lipinski definition) is 3. The average molecular weight is 471 g/mol. The molecule has 3 aromatic rings. The standard InChI is InChI=1S/C22H19Cl4NO2/c1-2-28-22-9-14(12-27-17-6-7-18(24)20(26)11-17)3-8-21(22)29-13-15-4-5-16(23)10-19(15)25/h3-11,27H,2,12-13H2,1H3. The van der Waals surface area contributed by atoms with Crippen LogP contribution >= 0.6 is 46.4 Å². The second kappa shape index (κ2) is 10.3. The highest BCUT2D eigenvalue weighted by Gasteiger charge is 2.09. The van der Waals surface area contributed by atoms with Gasteiger partial charge in [0.05, 0.1) is 16.7 Å². The monoisotopic (exact) mass is 469 g/mol. The van der Waals surface area contributed by atoms with E-state index in [9.17, 15) is 0 Å². The summed E-state index contributed by atoms with van der Waals surface area (Å²) >= 11 is 24.2. The summed E-state index contributed by atoms with van der Waals surface area (Å²) in [5, 5.41) is 5.51. The van der Waals surface area contributed by atoms with Crippen molar-refractivity contribution in [2.75, 3.05) is 11.9 Å². The van der Waals surface area contributed by atoms with E-state index in [0.717, 1.165) is 16.8 Å². The van der Waals surface area contributed by atoms with Crippen LogP contribution in [-0.4, -0.2) is 6.61 Å². The van der Waals surface area contributed by atoms with Gasteiger partial charge in [0.2, 0.25) is 0 Å². The predicted octanol–water partition coefficient (Wildman–Crippen LogP) is 7.89. The van der Waals surface area contributed by atoms with Gasteiger partial charge in [-0.1, -0.05) is 58.5 Å². The smallest absolute Gasteiger partial charge is 0.161 e. The molecule has 0 fully saturated rings. The van der Waals surface area contributed by atoms with Crippen LogP contribution in [0.1, 0.15) is 18.1 Å². The number of hydrogen-bond donors (Lipinski definition) is 1. The molecule has 0 spiro atoms. The highest BCUT2D eigenvalue weighted by atomic mass is 35.5. The van der Waals surface area contributed by atoms with Gasteiger partial charge in [-0.3, -0.25) is 0 Å². The molecule has 7 heteroatoms. The molecule has 0 saturated heterocycles. The molecule has 3 rings (SSSR count). The minimum absolute atomic E-state index is 0.316. The van der Waals surface area contributed by atoms with Gasteiger partial charge >= 0.3 is 0 Å². The van der Waals surface area contributed by atoms with Crippen molar-refractivity contribution in [3.63, 3.8) is 0 Å². The molecule has 29 heavy (non-hydrogen) atoms. The summed E-state index contributed by atoms with van der Waals surface area (Å²) in [7, 11) is 0. The fraction of sp³-hybridized carbons (Fsp3) is 0.182. The van der Waals surface area contributed by atoms with Crippen LogP contribution in [-0.2, 0) is 13.2 Å². The minimum atomic E-state index is 0.316. The molecule has 0 aliphatic rings. The zero-order chi connectivity index (χ0) is 20.8. The van der Waals surface area contributed by atoms with Gasteiger partial charge in [-0.25, -0.2) is 0 Å². The first-order chi connectivity index (χ1) is 14.0. The summed E-state index contributed by atoms with van der Waals surface area (Å²) in [5.41, 5.74) is 2.77. The summed E-state index contributed by atoms with van der Waals surface area (Å²) in [4.78, 5) is 0. The molecule has 0 aromatic heterocycles. The fourth-order valence-electron chi connectivity index (χ4n) is 2.65. The zero-order valence-corrected chi connectivity index (χ0v) is 18.7. The van der Waals surface area contributed by atoms with Crippen LogP contribution in [0.4, 0.5) is 5.69 Å². The quantitative estimate of drug-likeness (QED) is 0.363. The van der Waals surface area contributed by atoms with Gasteiger partial charge in [-0.05, 0) is 55.0 Å².